The second kappa shape index (κ2) is 6.70. The fourth-order valence-electron chi connectivity index (χ4n) is 2.57. The number of amides is 1. The topological polar surface area (TPSA) is 44.4 Å². The molecule has 5 heteroatoms. The Morgan fingerprint density at radius 2 is 2.25 bits per heavy atom. The summed E-state index contributed by atoms with van der Waals surface area (Å²) in [6.07, 6.45) is 3.60. The van der Waals surface area contributed by atoms with E-state index in [4.69, 9.17) is 0 Å². The second-order valence-corrected chi connectivity index (χ2v) is 5.39. The van der Waals surface area contributed by atoms with E-state index < -0.39 is 0 Å². The van der Waals surface area contributed by atoms with Crippen LogP contribution in [0.2, 0.25) is 0 Å². The van der Waals surface area contributed by atoms with E-state index in [0.29, 0.717) is 17.4 Å². The van der Waals surface area contributed by atoms with Gasteiger partial charge in [-0.3, -0.25) is 4.79 Å². The third kappa shape index (κ3) is 3.93. The molecule has 1 saturated heterocycles. The van der Waals surface area contributed by atoms with Gasteiger partial charge in [-0.25, -0.2) is 4.39 Å². The SMILES string of the molecule is CC(=O)Nc1ccc(F)c(NCC2CCCCN2C)c1. The molecule has 110 valence electrons. The molecular weight excluding hydrogens is 257 g/mol. The molecule has 0 bridgehead atoms. The Morgan fingerprint density at radius 1 is 1.45 bits per heavy atom. The van der Waals surface area contributed by atoms with Crippen LogP contribution in [0.1, 0.15) is 26.2 Å². The van der Waals surface area contributed by atoms with Crippen molar-refractivity contribution in [1.82, 2.24) is 4.90 Å². The Morgan fingerprint density at radius 3 is 2.95 bits per heavy atom. The second-order valence-electron chi connectivity index (χ2n) is 5.39. The lowest BCUT2D eigenvalue weighted by Crippen LogP contribution is -2.40. The lowest BCUT2D eigenvalue weighted by Gasteiger charge is -2.32. The summed E-state index contributed by atoms with van der Waals surface area (Å²) in [4.78, 5) is 13.3. The molecule has 2 rings (SSSR count). The Balaban J connectivity index is 1.99. The number of carbonyl (C=O) groups is 1. The van der Waals surface area contributed by atoms with Gasteiger partial charge in [-0.05, 0) is 44.6 Å². The number of hydrogen-bond donors (Lipinski definition) is 2. The third-order valence-electron chi connectivity index (χ3n) is 3.74. The molecule has 0 aliphatic carbocycles. The molecule has 1 aromatic carbocycles. The molecule has 1 unspecified atom stereocenters. The molecule has 1 amide bonds. The van der Waals surface area contributed by atoms with E-state index in [9.17, 15) is 9.18 Å². The average Bonchev–Trinajstić information content (AvgIpc) is 2.40. The van der Waals surface area contributed by atoms with Gasteiger partial charge in [0.15, 0.2) is 0 Å². The lowest BCUT2D eigenvalue weighted by molar-refractivity contribution is -0.114. The minimum absolute atomic E-state index is 0.158. The first-order chi connectivity index (χ1) is 9.56. The van der Waals surface area contributed by atoms with Crippen LogP contribution in [0.25, 0.3) is 0 Å². The molecule has 0 spiro atoms. The summed E-state index contributed by atoms with van der Waals surface area (Å²) < 4.78 is 13.8. The zero-order chi connectivity index (χ0) is 14.5. The molecule has 0 aromatic heterocycles. The minimum atomic E-state index is -0.294. The Bertz CT molecular complexity index is 478. The molecule has 0 saturated carbocycles. The molecular formula is C15H22FN3O. The van der Waals surface area contributed by atoms with Crippen molar-refractivity contribution in [1.29, 1.82) is 0 Å². The predicted molar refractivity (Wildman–Crippen MR) is 79.5 cm³/mol. The molecule has 4 nitrogen and oxygen atoms in total. The molecule has 2 N–H and O–H groups in total. The lowest BCUT2D eigenvalue weighted by atomic mass is 10.0. The Hall–Kier alpha value is -1.62. The van der Waals surface area contributed by atoms with Crippen LogP contribution in [0, 0.1) is 5.82 Å². The molecule has 1 aliphatic heterocycles. The fraction of sp³-hybridized carbons (Fsp3) is 0.533. The van der Waals surface area contributed by atoms with Crippen molar-refractivity contribution >= 4 is 17.3 Å². The van der Waals surface area contributed by atoms with Crippen molar-refractivity contribution < 1.29 is 9.18 Å². The highest BCUT2D eigenvalue weighted by atomic mass is 19.1. The van der Waals surface area contributed by atoms with Crippen LogP contribution in [0.3, 0.4) is 0 Å². The number of nitrogens with zero attached hydrogens (tertiary/aromatic N) is 1. The molecule has 1 aromatic rings. The maximum absolute atomic E-state index is 13.8. The van der Waals surface area contributed by atoms with Gasteiger partial charge in [-0.2, -0.15) is 0 Å². The van der Waals surface area contributed by atoms with Gasteiger partial charge in [0.25, 0.3) is 0 Å². The first kappa shape index (κ1) is 14.8. The van der Waals surface area contributed by atoms with Crippen molar-refractivity contribution in [2.75, 3.05) is 30.8 Å². The summed E-state index contributed by atoms with van der Waals surface area (Å²) in [5.41, 5.74) is 1.05. The van der Waals surface area contributed by atoms with Crippen LogP contribution in [0.4, 0.5) is 15.8 Å². The van der Waals surface area contributed by atoms with Gasteiger partial charge in [0.1, 0.15) is 5.82 Å². The highest BCUT2D eigenvalue weighted by molar-refractivity contribution is 5.89. The number of piperidine rings is 1. The summed E-state index contributed by atoms with van der Waals surface area (Å²) >= 11 is 0. The van der Waals surface area contributed by atoms with Gasteiger partial charge >= 0.3 is 0 Å². The number of carbonyl (C=O) groups excluding carboxylic acids is 1. The summed E-state index contributed by atoms with van der Waals surface area (Å²) in [5.74, 6) is -0.452. The fourth-order valence-corrected chi connectivity index (χ4v) is 2.57. The normalized spacial score (nSPS) is 19.6. The summed E-state index contributed by atoms with van der Waals surface area (Å²) in [7, 11) is 2.11. The van der Waals surface area contributed by atoms with Crippen molar-refractivity contribution in [3.63, 3.8) is 0 Å². The monoisotopic (exact) mass is 279 g/mol. The van der Waals surface area contributed by atoms with E-state index in [2.05, 4.69) is 22.6 Å². The molecule has 20 heavy (non-hydrogen) atoms. The zero-order valence-electron chi connectivity index (χ0n) is 12.1. The third-order valence-corrected chi connectivity index (χ3v) is 3.74. The van der Waals surface area contributed by atoms with Crippen LogP contribution in [0.5, 0.6) is 0 Å². The first-order valence-electron chi connectivity index (χ1n) is 7.07. The van der Waals surface area contributed by atoms with Crippen LogP contribution < -0.4 is 10.6 Å². The van der Waals surface area contributed by atoms with Gasteiger partial charge in [0.05, 0.1) is 5.69 Å². The summed E-state index contributed by atoms with van der Waals surface area (Å²) in [6, 6.07) is 5.01. The highest BCUT2D eigenvalue weighted by Gasteiger charge is 2.18. The number of likely N-dealkylation sites (tertiary alicyclic amines) is 1. The van der Waals surface area contributed by atoms with Crippen molar-refractivity contribution in [2.24, 2.45) is 0 Å². The maximum atomic E-state index is 13.8. The minimum Gasteiger partial charge on any atom is -0.381 e. The number of nitrogens with one attached hydrogen (secondary N) is 2. The highest BCUT2D eigenvalue weighted by Crippen LogP contribution is 2.21. The quantitative estimate of drug-likeness (QED) is 0.890. The summed E-state index contributed by atoms with van der Waals surface area (Å²) in [5, 5.41) is 5.82. The van der Waals surface area contributed by atoms with E-state index in [-0.39, 0.29) is 11.7 Å². The van der Waals surface area contributed by atoms with Crippen LogP contribution in [-0.2, 0) is 4.79 Å². The van der Waals surface area contributed by atoms with E-state index in [1.165, 1.54) is 25.8 Å². The van der Waals surface area contributed by atoms with Gasteiger partial charge < -0.3 is 15.5 Å². The van der Waals surface area contributed by atoms with Crippen molar-refractivity contribution in [3.05, 3.63) is 24.0 Å². The van der Waals surface area contributed by atoms with Crippen LogP contribution in [-0.4, -0.2) is 37.0 Å². The predicted octanol–water partition coefficient (Wildman–Crippen LogP) is 2.68. The van der Waals surface area contributed by atoms with Crippen molar-refractivity contribution in [2.45, 2.75) is 32.2 Å². The number of benzene rings is 1. The maximum Gasteiger partial charge on any atom is 0.221 e. The Labute approximate surface area is 119 Å². The first-order valence-corrected chi connectivity index (χ1v) is 7.07. The van der Waals surface area contributed by atoms with Gasteiger partial charge in [0.2, 0.25) is 5.91 Å². The van der Waals surface area contributed by atoms with E-state index in [1.807, 2.05) is 0 Å². The molecule has 1 heterocycles. The van der Waals surface area contributed by atoms with Gasteiger partial charge in [0, 0.05) is 25.2 Å². The van der Waals surface area contributed by atoms with Gasteiger partial charge in [-0.1, -0.05) is 6.42 Å². The van der Waals surface area contributed by atoms with E-state index in [1.54, 1.807) is 12.1 Å². The number of likely N-dealkylation sites (N-methyl/N-ethyl adjacent to an activating group) is 1. The molecule has 1 fully saturated rings. The van der Waals surface area contributed by atoms with Crippen LogP contribution >= 0.6 is 0 Å². The van der Waals surface area contributed by atoms with Gasteiger partial charge in [-0.15, -0.1) is 0 Å². The number of hydrogen-bond acceptors (Lipinski definition) is 3. The number of anilines is 2. The molecule has 1 aliphatic rings. The largest absolute Gasteiger partial charge is 0.381 e. The number of rotatable bonds is 4. The standard InChI is InChI=1S/C15H22FN3O/c1-11(20)18-12-6-7-14(16)15(9-12)17-10-13-5-3-4-8-19(13)2/h6-7,9,13,17H,3-5,8,10H2,1-2H3,(H,18,20). The average molecular weight is 279 g/mol. The number of halogens is 1. The molecule has 0 radical (unpaired) electrons. The molecule has 1 atom stereocenters. The van der Waals surface area contributed by atoms with Crippen LogP contribution in [0.15, 0.2) is 18.2 Å². The van der Waals surface area contributed by atoms with E-state index >= 15 is 0 Å². The van der Waals surface area contributed by atoms with Crippen molar-refractivity contribution in [3.8, 4) is 0 Å². The smallest absolute Gasteiger partial charge is 0.221 e. The van der Waals surface area contributed by atoms with E-state index in [0.717, 1.165) is 19.5 Å². The Kier molecular flexibility index (Phi) is 4.95. The summed E-state index contributed by atoms with van der Waals surface area (Å²) in [6.45, 7) is 3.26. The zero-order valence-corrected chi connectivity index (χ0v) is 12.1.